The fraction of sp³-hybridized carbons (Fsp3) is 0.519. The van der Waals surface area contributed by atoms with Gasteiger partial charge in [-0.05, 0) is 79.8 Å². The van der Waals surface area contributed by atoms with Crippen LogP contribution in [0.15, 0.2) is 53.7 Å². The van der Waals surface area contributed by atoms with Crippen molar-refractivity contribution in [2.75, 3.05) is 13.1 Å². The van der Waals surface area contributed by atoms with Gasteiger partial charge in [0, 0.05) is 24.4 Å². The van der Waals surface area contributed by atoms with Gasteiger partial charge in [0.1, 0.15) is 12.4 Å². The maximum absolute atomic E-state index is 12.3. The van der Waals surface area contributed by atoms with Crippen molar-refractivity contribution in [1.82, 2.24) is 4.90 Å². The van der Waals surface area contributed by atoms with E-state index in [9.17, 15) is 10.3 Å². The fourth-order valence-corrected chi connectivity index (χ4v) is 6.66. The molecule has 0 aromatic heterocycles. The zero-order valence-corrected chi connectivity index (χ0v) is 18.5. The molecular weight excluding hydrogens is 400 g/mol. The van der Waals surface area contributed by atoms with E-state index in [1.165, 1.54) is 24.0 Å². The molecule has 0 unspecified atom stereocenters. The summed E-state index contributed by atoms with van der Waals surface area (Å²) in [6, 6.07) is 16.8. The first-order valence-corrected chi connectivity index (χ1v) is 12.1. The second-order valence-corrected chi connectivity index (χ2v) is 10.4. The quantitative estimate of drug-likeness (QED) is 0.547. The highest BCUT2D eigenvalue weighted by Crippen LogP contribution is 2.58. The average molecular weight is 433 g/mol. The third-order valence-electron chi connectivity index (χ3n) is 8.54. The van der Waals surface area contributed by atoms with E-state index in [2.05, 4.69) is 40.4 Å². The number of hydrogen-bond donors (Lipinski definition) is 2. The van der Waals surface area contributed by atoms with E-state index in [0.717, 1.165) is 48.9 Å². The molecule has 168 valence electrons. The third kappa shape index (κ3) is 3.17. The number of nitrogens with zero attached hydrogens (tertiary/aromatic N) is 2. The molecule has 2 bridgehead atoms. The summed E-state index contributed by atoms with van der Waals surface area (Å²) >= 11 is 0. The molecule has 5 heteroatoms. The number of rotatable bonds is 5. The van der Waals surface area contributed by atoms with Crippen LogP contribution in [0, 0.1) is 5.92 Å². The minimum Gasteiger partial charge on any atom is -0.489 e. The van der Waals surface area contributed by atoms with Crippen LogP contribution in [0.2, 0.25) is 0 Å². The Labute approximate surface area is 189 Å². The van der Waals surface area contributed by atoms with Gasteiger partial charge in [0.2, 0.25) is 0 Å². The van der Waals surface area contributed by atoms with Gasteiger partial charge in [-0.3, -0.25) is 4.90 Å². The second kappa shape index (κ2) is 7.60. The first-order valence-electron chi connectivity index (χ1n) is 12.1. The summed E-state index contributed by atoms with van der Waals surface area (Å²) in [6.45, 7) is 2.63. The minimum atomic E-state index is -0.792. The maximum atomic E-state index is 12.3. The molecule has 3 fully saturated rings. The topological polar surface area (TPSA) is 65.3 Å². The first kappa shape index (κ1) is 20.3. The Morgan fingerprint density at radius 3 is 2.72 bits per heavy atom. The van der Waals surface area contributed by atoms with E-state index < -0.39 is 11.0 Å². The number of ether oxygens (including phenoxy) is 1. The summed E-state index contributed by atoms with van der Waals surface area (Å²) in [4.78, 5) is 2.57. The average Bonchev–Trinajstić information content (AvgIpc) is 3.64. The third-order valence-corrected chi connectivity index (χ3v) is 8.54. The van der Waals surface area contributed by atoms with Crippen molar-refractivity contribution in [2.45, 2.75) is 68.6 Å². The van der Waals surface area contributed by atoms with E-state index in [0.29, 0.717) is 25.9 Å². The van der Waals surface area contributed by atoms with Gasteiger partial charge in [0.25, 0.3) is 0 Å². The number of likely N-dealkylation sites (tertiary alicyclic amines) is 1. The molecule has 4 aliphatic rings. The van der Waals surface area contributed by atoms with Crippen LogP contribution in [0.4, 0.5) is 0 Å². The Morgan fingerprint density at radius 2 is 1.94 bits per heavy atom. The fourth-order valence-electron chi connectivity index (χ4n) is 6.66. The molecule has 2 aromatic carbocycles. The van der Waals surface area contributed by atoms with E-state index in [4.69, 9.17) is 4.74 Å². The van der Waals surface area contributed by atoms with Crippen molar-refractivity contribution in [1.29, 1.82) is 0 Å². The van der Waals surface area contributed by atoms with Gasteiger partial charge in [-0.25, -0.2) is 0 Å². The van der Waals surface area contributed by atoms with Gasteiger partial charge in [-0.2, -0.15) is 0 Å². The zero-order chi connectivity index (χ0) is 21.8. The van der Waals surface area contributed by atoms with Gasteiger partial charge in [-0.15, -0.1) is 0 Å². The molecule has 0 amide bonds. The highest BCUT2D eigenvalue weighted by atomic mass is 16.5. The predicted octanol–water partition coefficient (Wildman–Crippen LogP) is 4.29. The highest BCUT2D eigenvalue weighted by molar-refractivity contribution is 5.87. The molecule has 32 heavy (non-hydrogen) atoms. The van der Waals surface area contributed by atoms with Gasteiger partial charge in [0.15, 0.2) is 0 Å². The van der Waals surface area contributed by atoms with Crippen molar-refractivity contribution in [3.05, 3.63) is 65.2 Å². The largest absolute Gasteiger partial charge is 0.489 e. The Bertz CT molecular complexity index is 1030. The van der Waals surface area contributed by atoms with Crippen molar-refractivity contribution in [2.24, 2.45) is 11.1 Å². The maximum Gasteiger partial charge on any atom is 0.120 e. The summed E-state index contributed by atoms with van der Waals surface area (Å²) in [6.07, 6.45) is 6.38. The van der Waals surface area contributed by atoms with Crippen LogP contribution < -0.4 is 4.74 Å². The lowest BCUT2D eigenvalue weighted by molar-refractivity contribution is -0.154. The predicted molar refractivity (Wildman–Crippen MR) is 123 cm³/mol. The standard InChI is InChI=1S/C27H32N2O3/c30-27-11-10-22(28-31)16-26(27)12-13-29(17-19-6-7-19)25(27)14-21-8-9-23(15-24(21)26)32-18-20-4-2-1-3-5-20/h1-5,8-9,15,19,25,30-31H,6-7,10-14,16-18H2/t25-,26-,27-/m1/s1. The van der Waals surface area contributed by atoms with Crippen LogP contribution >= 0.6 is 0 Å². The van der Waals surface area contributed by atoms with Crippen LogP contribution in [0.3, 0.4) is 0 Å². The van der Waals surface area contributed by atoms with Gasteiger partial charge in [-0.1, -0.05) is 41.6 Å². The lowest BCUT2D eigenvalue weighted by atomic mass is 9.49. The summed E-state index contributed by atoms with van der Waals surface area (Å²) in [5.74, 6) is 1.65. The summed E-state index contributed by atoms with van der Waals surface area (Å²) in [5.41, 5.74) is 3.27. The molecule has 2 N–H and O–H groups in total. The smallest absolute Gasteiger partial charge is 0.120 e. The van der Waals surface area contributed by atoms with E-state index in [-0.39, 0.29) is 6.04 Å². The molecule has 6 rings (SSSR count). The number of hydrogen-bond acceptors (Lipinski definition) is 5. The molecule has 3 aliphatic carbocycles. The monoisotopic (exact) mass is 432 g/mol. The summed E-state index contributed by atoms with van der Waals surface area (Å²) < 4.78 is 6.17. The second-order valence-electron chi connectivity index (χ2n) is 10.4. The van der Waals surface area contributed by atoms with Crippen LogP contribution in [0.1, 0.15) is 55.2 Å². The van der Waals surface area contributed by atoms with Crippen molar-refractivity contribution in [3.8, 4) is 5.75 Å². The zero-order valence-electron chi connectivity index (χ0n) is 18.5. The van der Waals surface area contributed by atoms with Crippen LogP contribution in [0.25, 0.3) is 0 Å². The highest BCUT2D eigenvalue weighted by Gasteiger charge is 2.64. The van der Waals surface area contributed by atoms with Crippen LogP contribution in [-0.4, -0.2) is 45.7 Å². The number of aliphatic hydroxyl groups is 1. The minimum absolute atomic E-state index is 0.140. The summed E-state index contributed by atoms with van der Waals surface area (Å²) in [5, 5.41) is 25.5. The molecule has 1 aliphatic heterocycles. The van der Waals surface area contributed by atoms with Crippen molar-refractivity contribution in [3.63, 3.8) is 0 Å². The van der Waals surface area contributed by atoms with Crippen LogP contribution in [0.5, 0.6) is 5.75 Å². The number of fused-ring (bicyclic) bond motifs is 1. The number of benzene rings is 2. The lowest BCUT2D eigenvalue weighted by Crippen LogP contribution is -2.73. The Morgan fingerprint density at radius 1 is 1.09 bits per heavy atom. The molecule has 2 aromatic rings. The van der Waals surface area contributed by atoms with Gasteiger partial charge in [0.05, 0.1) is 11.3 Å². The summed E-state index contributed by atoms with van der Waals surface area (Å²) in [7, 11) is 0. The van der Waals surface area contributed by atoms with Gasteiger partial charge >= 0.3 is 0 Å². The van der Waals surface area contributed by atoms with E-state index >= 15 is 0 Å². The first-order chi connectivity index (χ1) is 15.6. The van der Waals surface area contributed by atoms with E-state index in [1.54, 1.807) is 0 Å². The molecule has 0 spiro atoms. The van der Waals surface area contributed by atoms with E-state index in [1.807, 2.05) is 18.2 Å². The molecule has 2 saturated carbocycles. The van der Waals surface area contributed by atoms with Crippen LogP contribution in [-0.2, 0) is 18.4 Å². The Kier molecular flexibility index (Phi) is 4.81. The normalized spacial score (nSPS) is 32.9. The molecule has 1 heterocycles. The van der Waals surface area contributed by atoms with Crippen molar-refractivity contribution < 1.29 is 15.1 Å². The number of piperidine rings is 1. The molecule has 5 nitrogen and oxygen atoms in total. The Hall–Kier alpha value is -2.37. The SMILES string of the molecule is ON=C1CC[C@@]2(O)[C@H]3Cc4ccc(OCc5ccccc5)cc4[C@@]2(CCN3CC2CC2)C1. The van der Waals surface area contributed by atoms with Gasteiger partial charge < -0.3 is 15.1 Å². The number of oxime groups is 1. The lowest BCUT2D eigenvalue weighted by Gasteiger charge is -2.63. The Balaban J connectivity index is 1.37. The molecule has 0 radical (unpaired) electrons. The van der Waals surface area contributed by atoms with Crippen molar-refractivity contribution >= 4 is 5.71 Å². The molecule has 1 saturated heterocycles. The molecular formula is C27H32N2O3. The molecule has 3 atom stereocenters.